The Labute approximate surface area is 124 Å². The lowest BCUT2D eigenvalue weighted by Gasteiger charge is -2.15. The molecule has 2 aromatic rings. The van der Waals surface area contributed by atoms with E-state index in [1.54, 1.807) is 6.07 Å². The van der Waals surface area contributed by atoms with E-state index >= 15 is 0 Å². The standard InChI is InChI=1S/C19H18O2/c1-10-8-12(3)15(13(4)9-10)17-18(20)14-7-5-6-11(2)16(14)19(17)21/h5-9,17H,1-4H3. The molecule has 21 heavy (non-hydrogen) atoms. The smallest absolute Gasteiger partial charge is 0.179 e. The summed E-state index contributed by atoms with van der Waals surface area (Å²) < 4.78 is 0. The van der Waals surface area contributed by atoms with Crippen LogP contribution >= 0.6 is 0 Å². The van der Waals surface area contributed by atoms with Crippen molar-refractivity contribution in [1.29, 1.82) is 0 Å². The van der Waals surface area contributed by atoms with Gasteiger partial charge in [0.2, 0.25) is 0 Å². The van der Waals surface area contributed by atoms with E-state index in [1.165, 1.54) is 0 Å². The van der Waals surface area contributed by atoms with Crippen molar-refractivity contribution in [3.05, 3.63) is 69.3 Å². The van der Waals surface area contributed by atoms with E-state index in [4.69, 9.17) is 0 Å². The molecule has 1 aliphatic carbocycles. The van der Waals surface area contributed by atoms with Gasteiger partial charge in [-0.25, -0.2) is 0 Å². The van der Waals surface area contributed by atoms with Crippen LogP contribution in [0.2, 0.25) is 0 Å². The monoisotopic (exact) mass is 278 g/mol. The van der Waals surface area contributed by atoms with Crippen molar-refractivity contribution in [3.63, 3.8) is 0 Å². The molecule has 0 aliphatic heterocycles. The second-order valence-electron chi connectivity index (χ2n) is 5.97. The van der Waals surface area contributed by atoms with Gasteiger partial charge in [-0.05, 0) is 49.9 Å². The minimum atomic E-state index is -0.665. The lowest BCUT2D eigenvalue weighted by molar-refractivity contribution is 0.0889. The Hall–Kier alpha value is -2.22. The van der Waals surface area contributed by atoms with Crippen LogP contribution in [0.5, 0.6) is 0 Å². The highest BCUT2D eigenvalue weighted by atomic mass is 16.2. The maximum absolute atomic E-state index is 12.8. The molecule has 2 aromatic carbocycles. The van der Waals surface area contributed by atoms with Gasteiger partial charge in [0.25, 0.3) is 0 Å². The Morgan fingerprint density at radius 1 is 0.810 bits per heavy atom. The minimum Gasteiger partial charge on any atom is -0.293 e. The summed E-state index contributed by atoms with van der Waals surface area (Å²) in [5.74, 6) is -0.779. The Kier molecular flexibility index (Phi) is 3.05. The summed E-state index contributed by atoms with van der Waals surface area (Å²) in [5, 5.41) is 0. The molecule has 0 N–H and O–H groups in total. The molecular weight excluding hydrogens is 260 g/mol. The summed E-state index contributed by atoms with van der Waals surface area (Å²) in [6.45, 7) is 7.87. The molecule has 0 radical (unpaired) electrons. The van der Waals surface area contributed by atoms with Crippen molar-refractivity contribution in [2.45, 2.75) is 33.6 Å². The number of carbonyl (C=O) groups is 2. The number of fused-ring (bicyclic) bond motifs is 1. The Morgan fingerprint density at radius 2 is 1.43 bits per heavy atom. The topological polar surface area (TPSA) is 34.1 Å². The van der Waals surface area contributed by atoms with Gasteiger partial charge in [0, 0.05) is 11.1 Å². The van der Waals surface area contributed by atoms with Crippen LogP contribution in [0, 0.1) is 27.7 Å². The number of rotatable bonds is 1. The first-order valence-corrected chi connectivity index (χ1v) is 7.17. The number of hydrogen-bond acceptors (Lipinski definition) is 2. The number of benzene rings is 2. The molecular formula is C19H18O2. The van der Waals surface area contributed by atoms with Crippen LogP contribution in [0.15, 0.2) is 30.3 Å². The average Bonchev–Trinajstić information content (AvgIpc) is 2.64. The maximum atomic E-state index is 12.8. The first-order valence-electron chi connectivity index (χ1n) is 7.17. The number of carbonyl (C=O) groups excluding carboxylic acids is 2. The highest BCUT2D eigenvalue weighted by molar-refractivity contribution is 6.30. The highest BCUT2D eigenvalue weighted by Gasteiger charge is 2.41. The molecule has 0 aromatic heterocycles. The molecule has 1 atom stereocenters. The van der Waals surface area contributed by atoms with Gasteiger partial charge in [-0.2, -0.15) is 0 Å². The van der Waals surface area contributed by atoms with E-state index in [0.29, 0.717) is 11.1 Å². The fourth-order valence-corrected chi connectivity index (χ4v) is 3.53. The Balaban J connectivity index is 2.22. The second kappa shape index (κ2) is 4.66. The first-order chi connectivity index (χ1) is 9.91. The van der Waals surface area contributed by atoms with E-state index in [9.17, 15) is 9.59 Å². The zero-order valence-electron chi connectivity index (χ0n) is 12.8. The van der Waals surface area contributed by atoms with Crippen molar-refractivity contribution >= 4 is 11.6 Å². The normalized spacial score (nSPS) is 17.2. The van der Waals surface area contributed by atoms with E-state index in [1.807, 2.05) is 52.0 Å². The zero-order valence-corrected chi connectivity index (χ0v) is 12.8. The van der Waals surface area contributed by atoms with Crippen molar-refractivity contribution in [2.24, 2.45) is 0 Å². The molecule has 3 rings (SSSR count). The fraction of sp³-hybridized carbons (Fsp3) is 0.263. The van der Waals surface area contributed by atoms with Gasteiger partial charge >= 0.3 is 0 Å². The van der Waals surface area contributed by atoms with Gasteiger partial charge in [-0.3, -0.25) is 9.59 Å². The molecule has 0 saturated carbocycles. The van der Waals surface area contributed by atoms with Crippen molar-refractivity contribution in [2.75, 3.05) is 0 Å². The molecule has 0 heterocycles. The van der Waals surface area contributed by atoms with Gasteiger partial charge in [0.1, 0.15) is 5.92 Å². The lowest BCUT2D eigenvalue weighted by atomic mass is 9.86. The number of aryl methyl sites for hydroxylation is 4. The van der Waals surface area contributed by atoms with Crippen LogP contribution in [-0.2, 0) is 0 Å². The molecule has 1 unspecified atom stereocenters. The fourth-order valence-electron chi connectivity index (χ4n) is 3.53. The van der Waals surface area contributed by atoms with Crippen LogP contribution in [-0.4, -0.2) is 11.6 Å². The van der Waals surface area contributed by atoms with Gasteiger partial charge < -0.3 is 0 Å². The van der Waals surface area contributed by atoms with Crippen molar-refractivity contribution in [3.8, 4) is 0 Å². The van der Waals surface area contributed by atoms with Crippen LogP contribution in [0.3, 0.4) is 0 Å². The average molecular weight is 278 g/mol. The molecule has 0 amide bonds. The van der Waals surface area contributed by atoms with E-state index in [2.05, 4.69) is 0 Å². The summed E-state index contributed by atoms with van der Waals surface area (Å²) in [6, 6.07) is 9.58. The minimum absolute atomic E-state index is 0.0526. The Bertz CT molecular complexity index is 761. The maximum Gasteiger partial charge on any atom is 0.179 e. The van der Waals surface area contributed by atoms with E-state index < -0.39 is 5.92 Å². The van der Waals surface area contributed by atoms with Crippen LogP contribution in [0.4, 0.5) is 0 Å². The quantitative estimate of drug-likeness (QED) is 0.736. The summed E-state index contributed by atoms with van der Waals surface area (Å²) in [4.78, 5) is 25.5. The second-order valence-corrected chi connectivity index (χ2v) is 5.97. The largest absolute Gasteiger partial charge is 0.293 e. The summed E-state index contributed by atoms with van der Waals surface area (Å²) >= 11 is 0. The van der Waals surface area contributed by atoms with E-state index in [-0.39, 0.29) is 11.6 Å². The predicted molar refractivity (Wildman–Crippen MR) is 83.2 cm³/mol. The first kappa shape index (κ1) is 13.7. The molecule has 106 valence electrons. The summed E-state index contributed by atoms with van der Waals surface area (Å²) in [7, 11) is 0. The van der Waals surface area contributed by atoms with Gasteiger partial charge in [0.05, 0.1) is 0 Å². The molecule has 1 aliphatic rings. The Morgan fingerprint density at radius 3 is 2.00 bits per heavy atom. The molecule has 2 heteroatoms. The third-order valence-corrected chi connectivity index (χ3v) is 4.34. The highest BCUT2D eigenvalue weighted by Crippen LogP contribution is 2.38. The number of hydrogen-bond donors (Lipinski definition) is 0. The van der Waals surface area contributed by atoms with Crippen molar-refractivity contribution < 1.29 is 9.59 Å². The SMILES string of the molecule is Cc1cc(C)c(C2C(=O)c3cccc(C)c3C2=O)c(C)c1. The number of ketones is 2. The molecule has 2 nitrogen and oxygen atoms in total. The third kappa shape index (κ3) is 1.94. The molecule has 0 fully saturated rings. The predicted octanol–water partition coefficient (Wildman–Crippen LogP) is 4.08. The van der Waals surface area contributed by atoms with Gasteiger partial charge in [0.15, 0.2) is 11.6 Å². The zero-order chi connectivity index (χ0) is 15.3. The van der Waals surface area contributed by atoms with Crippen LogP contribution in [0.1, 0.15) is 54.5 Å². The van der Waals surface area contributed by atoms with Crippen LogP contribution < -0.4 is 0 Å². The third-order valence-electron chi connectivity index (χ3n) is 4.34. The van der Waals surface area contributed by atoms with Gasteiger partial charge in [-0.15, -0.1) is 0 Å². The molecule has 0 saturated heterocycles. The summed E-state index contributed by atoms with van der Waals surface area (Å²) in [6.07, 6.45) is 0. The van der Waals surface area contributed by atoms with Crippen molar-refractivity contribution in [1.82, 2.24) is 0 Å². The summed E-state index contributed by atoms with van der Waals surface area (Å²) in [5.41, 5.74) is 6.13. The van der Waals surface area contributed by atoms with E-state index in [0.717, 1.165) is 27.8 Å². The lowest BCUT2D eigenvalue weighted by Crippen LogP contribution is -2.16. The molecule has 0 bridgehead atoms. The van der Waals surface area contributed by atoms with Gasteiger partial charge in [-0.1, -0.05) is 35.9 Å². The molecule has 0 spiro atoms. The number of Topliss-reactive ketones (excluding diaryl/α,β-unsaturated/α-hetero) is 2. The van der Waals surface area contributed by atoms with Crippen LogP contribution in [0.25, 0.3) is 0 Å².